The van der Waals surface area contributed by atoms with Gasteiger partial charge in [0.2, 0.25) is 0 Å². The van der Waals surface area contributed by atoms with Crippen LogP contribution in [0, 0.1) is 0 Å². The predicted molar refractivity (Wildman–Crippen MR) is 191 cm³/mol. The maximum atomic E-state index is 12.2. The number of hydrogen-bond acceptors (Lipinski definition) is 1. The van der Waals surface area contributed by atoms with Gasteiger partial charge >= 0.3 is 290 Å². The van der Waals surface area contributed by atoms with Crippen molar-refractivity contribution in [2.45, 2.75) is 0 Å². The van der Waals surface area contributed by atoms with Gasteiger partial charge in [-0.15, -0.1) is 0 Å². The second kappa shape index (κ2) is 18.7. The molecule has 6 aromatic rings. The summed E-state index contributed by atoms with van der Waals surface area (Å²) in [5.41, 5.74) is 0. The molecule has 0 aromatic heterocycles. The quantitative estimate of drug-likeness (QED) is 0.186. The van der Waals surface area contributed by atoms with E-state index in [4.69, 9.17) is 29.1 Å². The summed E-state index contributed by atoms with van der Waals surface area (Å²) in [7, 11) is 14.8. The molecule has 0 saturated carbocycles. The first-order valence-corrected chi connectivity index (χ1v) is 27.5. The van der Waals surface area contributed by atoms with Gasteiger partial charge < -0.3 is 0 Å². The van der Waals surface area contributed by atoms with Crippen molar-refractivity contribution in [3.8, 4) is 0 Å². The van der Waals surface area contributed by atoms with Crippen molar-refractivity contribution < 1.29 is 17.8 Å². The van der Waals surface area contributed by atoms with Crippen LogP contribution in [0.1, 0.15) is 0 Å². The van der Waals surface area contributed by atoms with Crippen LogP contribution >= 0.6 is 29.1 Å². The average molecular weight is 897 g/mol. The van der Waals surface area contributed by atoms with E-state index in [2.05, 4.69) is 132 Å². The molecule has 0 unspecified atom stereocenters. The summed E-state index contributed by atoms with van der Waals surface area (Å²) in [6.45, 7) is 0. The zero-order valence-corrected chi connectivity index (χ0v) is 31.9. The van der Waals surface area contributed by atoms with Gasteiger partial charge in [0.25, 0.3) is 0 Å². The molecule has 0 fully saturated rings. The van der Waals surface area contributed by atoms with Crippen LogP contribution in [0.25, 0.3) is 0 Å². The summed E-state index contributed by atoms with van der Waals surface area (Å²) < 4.78 is 10.3. The first kappa shape index (κ1) is 34.6. The maximum absolute atomic E-state index is 12.2. The van der Waals surface area contributed by atoms with Gasteiger partial charge in [-0.25, -0.2) is 0 Å². The van der Waals surface area contributed by atoms with Gasteiger partial charge in [0, 0.05) is 0 Å². The molecule has 1 nitrogen and oxygen atoms in total. The summed E-state index contributed by atoms with van der Waals surface area (Å²) in [5.74, 6) is 0. The molecular formula is C37H30AsCl3ORhSb. The topological polar surface area (TPSA) is 17.1 Å². The van der Waals surface area contributed by atoms with E-state index in [0.29, 0.717) is 0 Å². The van der Waals surface area contributed by atoms with Crippen LogP contribution in [0.2, 0.25) is 0 Å². The number of hydrogen-bond donors (Lipinski definition) is 0. The second-order valence-corrected chi connectivity index (χ2v) is 29.5. The van der Waals surface area contributed by atoms with Gasteiger partial charge in [-0.2, -0.15) is 0 Å². The van der Waals surface area contributed by atoms with Crippen LogP contribution in [-0.2, 0) is 17.8 Å². The van der Waals surface area contributed by atoms with Gasteiger partial charge in [-0.05, 0) is 0 Å². The Morgan fingerprint density at radius 2 is 0.614 bits per heavy atom. The van der Waals surface area contributed by atoms with E-state index in [1.807, 2.05) is 54.6 Å². The molecule has 0 aliphatic rings. The molecule has 0 aliphatic heterocycles. The third-order valence-corrected chi connectivity index (χ3v) is 20.9. The predicted octanol–water partition coefficient (Wildman–Crippen LogP) is 6.07. The summed E-state index contributed by atoms with van der Waals surface area (Å²) in [6.07, 6.45) is 0. The third-order valence-electron chi connectivity index (χ3n) is 6.61. The molecule has 0 atom stereocenters. The Kier molecular flexibility index (Phi) is 14.7. The Morgan fingerprint density at radius 1 is 0.409 bits per heavy atom. The summed E-state index contributed by atoms with van der Waals surface area (Å²) >= 11 is -6.62. The summed E-state index contributed by atoms with van der Waals surface area (Å²) in [6, 6.07) is 63.1. The Bertz CT molecular complexity index is 1540. The number of rotatable bonds is 6. The molecular weight excluding hydrogens is 866 g/mol. The van der Waals surface area contributed by atoms with Crippen molar-refractivity contribution in [2.75, 3.05) is 0 Å². The average Bonchev–Trinajstić information content (AvgIpc) is 3.09. The van der Waals surface area contributed by atoms with E-state index in [0.717, 1.165) is 13.1 Å². The first-order chi connectivity index (χ1) is 21.6. The minimum absolute atomic E-state index is 1.10. The molecule has 0 radical (unpaired) electrons. The van der Waals surface area contributed by atoms with Crippen molar-refractivity contribution in [2.24, 2.45) is 0 Å². The molecule has 224 valence electrons. The van der Waals surface area contributed by atoms with Gasteiger partial charge in [0.05, 0.1) is 0 Å². The molecule has 0 saturated heterocycles. The molecule has 0 spiro atoms. The molecule has 0 heterocycles. The fraction of sp³-hybridized carbons (Fsp3) is 0. The van der Waals surface area contributed by atoms with E-state index < -0.39 is 46.3 Å². The van der Waals surface area contributed by atoms with E-state index >= 15 is 0 Å². The van der Waals surface area contributed by atoms with E-state index in [1.54, 1.807) is 0 Å². The van der Waals surface area contributed by atoms with Crippen LogP contribution in [-0.4, -0.2) is 38.0 Å². The van der Waals surface area contributed by atoms with Crippen molar-refractivity contribution in [3.05, 3.63) is 182 Å². The Hall–Kier alpha value is -2.23. The molecule has 0 aliphatic carbocycles. The molecule has 44 heavy (non-hydrogen) atoms. The van der Waals surface area contributed by atoms with E-state index in [9.17, 15) is 4.79 Å². The van der Waals surface area contributed by atoms with Crippen LogP contribution in [0.4, 0.5) is 0 Å². The van der Waals surface area contributed by atoms with Crippen LogP contribution < -0.4 is 23.6 Å². The van der Waals surface area contributed by atoms with Crippen LogP contribution in [0.5, 0.6) is 0 Å². The van der Waals surface area contributed by atoms with Crippen molar-refractivity contribution >= 4 is 90.6 Å². The van der Waals surface area contributed by atoms with Crippen molar-refractivity contribution in [1.82, 2.24) is 0 Å². The summed E-state index contributed by atoms with van der Waals surface area (Å²) in [4.78, 5) is 12.2. The standard InChI is InChI=1S/C19H15AsO.3C6H5.3ClH.Rh.Sb/c21-16-20(17-10-4-1-5-11-17,18-12-6-2-7-13-18)19-14-8-3-9-15-19;3*1-2-4-6-5-3-1;;;;;/h1-15H;3*1-5H;3*1H;;/q;;;;;;;+3;/p-3. The van der Waals surface area contributed by atoms with E-state index in [-0.39, 0.29) is 0 Å². The molecule has 0 bridgehead atoms. The number of benzene rings is 6. The monoisotopic (exact) mass is 894 g/mol. The van der Waals surface area contributed by atoms with Gasteiger partial charge in [0.15, 0.2) is 0 Å². The van der Waals surface area contributed by atoms with Crippen LogP contribution in [0.3, 0.4) is 0 Å². The van der Waals surface area contributed by atoms with Gasteiger partial charge in [-0.3, -0.25) is 0 Å². The van der Waals surface area contributed by atoms with Gasteiger partial charge in [-0.1, -0.05) is 0 Å². The zero-order chi connectivity index (χ0) is 31.0. The number of halogens is 3. The SMILES string of the molecule is O=C=[As](c1ccccc1)(c1ccccc1)c1ccccc1.[Cl][Rh]([Cl])[Cl].c1cc[c]([Sb]([c]2ccccc2)[c]2ccccc2)cc1. The molecule has 0 amide bonds. The normalized spacial score (nSPS) is 10.8. The molecule has 6 rings (SSSR count). The molecule has 6 aromatic carbocycles. The molecule has 7 heteroatoms. The summed E-state index contributed by atoms with van der Waals surface area (Å²) in [5, 5.41) is 0. The Morgan fingerprint density at radius 3 is 0.818 bits per heavy atom. The second-order valence-electron chi connectivity index (χ2n) is 9.25. The third kappa shape index (κ3) is 9.63. The minimum atomic E-state index is -3.14. The fourth-order valence-electron chi connectivity index (χ4n) is 4.74. The van der Waals surface area contributed by atoms with E-state index in [1.165, 1.54) is 10.5 Å². The Labute approximate surface area is 287 Å². The van der Waals surface area contributed by atoms with Crippen molar-refractivity contribution in [3.63, 3.8) is 0 Å². The number of carbonyl (C=O) groups excluding carboxylic acids is 1. The zero-order valence-electron chi connectivity index (χ0n) is 23.6. The van der Waals surface area contributed by atoms with Crippen molar-refractivity contribution in [1.29, 1.82) is 0 Å². The van der Waals surface area contributed by atoms with Gasteiger partial charge in [0.1, 0.15) is 0 Å². The fourth-order valence-corrected chi connectivity index (χ4v) is 17.8. The van der Waals surface area contributed by atoms with Crippen LogP contribution in [0.15, 0.2) is 182 Å². The molecule has 0 N–H and O–H groups in total. The first-order valence-electron chi connectivity index (χ1n) is 13.6. The Balaban J connectivity index is 0.000000180.